The van der Waals surface area contributed by atoms with Gasteiger partial charge in [0.05, 0.1) is 23.0 Å². The van der Waals surface area contributed by atoms with Crippen molar-refractivity contribution >= 4 is 34.5 Å². The van der Waals surface area contributed by atoms with Crippen molar-refractivity contribution in [1.29, 1.82) is 0 Å². The Kier molecular flexibility index (Phi) is 7.95. The average Bonchev–Trinajstić information content (AvgIpc) is 3.46. The predicted octanol–water partition coefficient (Wildman–Crippen LogP) is 4.36. The Hall–Kier alpha value is -3.37. The SMILES string of the molecule is CCn1ncc2c(NC3CCCCC3)c(C3=NOC4(CCC(NC(C)=O)CC4)C3)cnc21.O=C(O)O. The fourth-order valence-electron chi connectivity index (χ4n) is 5.59. The highest BCUT2D eigenvalue weighted by molar-refractivity contribution is 6.10. The number of anilines is 1. The van der Waals surface area contributed by atoms with Crippen molar-refractivity contribution in [2.24, 2.45) is 5.16 Å². The third-order valence-corrected chi connectivity index (χ3v) is 7.37. The van der Waals surface area contributed by atoms with Gasteiger partial charge in [0.15, 0.2) is 5.65 Å². The number of carbonyl (C=O) groups excluding carboxylic acids is 1. The second-order valence-electron chi connectivity index (χ2n) is 9.97. The Bertz CT molecular complexity index is 1110. The van der Waals surface area contributed by atoms with E-state index >= 15 is 0 Å². The van der Waals surface area contributed by atoms with Crippen molar-refractivity contribution in [3.63, 3.8) is 0 Å². The van der Waals surface area contributed by atoms with E-state index < -0.39 is 6.16 Å². The minimum absolute atomic E-state index is 0.0423. The molecule has 2 saturated carbocycles. The first kappa shape index (κ1) is 25.7. The van der Waals surface area contributed by atoms with E-state index in [1.807, 2.05) is 17.1 Å². The summed E-state index contributed by atoms with van der Waals surface area (Å²) in [5, 5.41) is 31.0. The molecule has 2 aromatic rings. The topological polar surface area (TPSA) is 151 Å². The lowest BCUT2D eigenvalue weighted by molar-refractivity contribution is -0.120. The van der Waals surface area contributed by atoms with Crippen LogP contribution in [0.5, 0.6) is 0 Å². The van der Waals surface area contributed by atoms with E-state index in [2.05, 4.69) is 27.8 Å². The van der Waals surface area contributed by atoms with Crippen molar-refractivity contribution in [3.8, 4) is 0 Å². The molecule has 0 unspecified atom stereocenters. The number of fused-ring (bicyclic) bond motifs is 1. The monoisotopic (exact) mass is 500 g/mol. The number of aryl methyl sites for hydroxylation is 1. The Morgan fingerprint density at radius 2 is 1.81 bits per heavy atom. The molecule has 2 fully saturated rings. The molecular formula is C25H36N6O5. The lowest BCUT2D eigenvalue weighted by Crippen LogP contribution is -2.43. The van der Waals surface area contributed by atoms with Crippen LogP contribution in [0.3, 0.4) is 0 Å². The molecule has 0 aromatic carbocycles. The quantitative estimate of drug-likeness (QED) is 0.473. The van der Waals surface area contributed by atoms with Crippen molar-refractivity contribution < 1.29 is 24.6 Å². The number of aromatic nitrogens is 3. The summed E-state index contributed by atoms with van der Waals surface area (Å²) in [4.78, 5) is 30.8. The van der Waals surface area contributed by atoms with Crippen LogP contribution in [0.15, 0.2) is 17.5 Å². The molecule has 1 amide bonds. The molecule has 0 saturated heterocycles. The maximum Gasteiger partial charge on any atom is 0.503 e. The average molecular weight is 501 g/mol. The number of nitrogens with zero attached hydrogens (tertiary/aromatic N) is 4. The maximum absolute atomic E-state index is 11.4. The number of pyridine rings is 1. The number of nitrogens with one attached hydrogen (secondary N) is 2. The van der Waals surface area contributed by atoms with E-state index in [4.69, 9.17) is 24.8 Å². The Morgan fingerprint density at radius 3 is 2.44 bits per heavy atom. The first-order valence-electron chi connectivity index (χ1n) is 12.9. The van der Waals surface area contributed by atoms with E-state index in [9.17, 15) is 4.79 Å². The molecule has 1 spiro atoms. The Balaban J connectivity index is 0.000000709. The molecule has 11 heteroatoms. The van der Waals surface area contributed by atoms with E-state index in [1.54, 1.807) is 6.92 Å². The van der Waals surface area contributed by atoms with Crippen LogP contribution in [0.1, 0.15) is 83.6 Å². The van der Waals surface area contributed by atoms with Gasteiger partial charge in [0.25, 0.3) is 0 Å². The van der Waals surface area contributed by atoms with E-state index in [1.165, 1.54) is 32.1 Å². The minimum Gasteiger partial charge on any atom is -0.450 e. The van der Waals surface area contributed by atoms with Gasteiger partial charge in [-0.05, 0) is 45.4 Å². The van der Waals surface area contributed by atoms with Crippen LogP contribution in [0, 0.1) is 0 Å². The van der Waals surface area contributed by atoms with Gasteiger partial charge in [-0.1, -0.05) is 24.4 Å². The van der Waals surface area contributed by atoms with Crippen LogP contribution in [0.25, 0.3) is 11.0 Å². The molecule has 196 valence electrons. The molecule has 11 nitrogen and oxygen atoms in total. The summed E-state index contributed by atoms with van der Waals surface area (Å²) in [7, 11) is 0. The molecule has 0 radical (unpaired) electrons. The molecule has 4 N–H and O–H groups in total. The summed E-state index contributed by atoms with van der Waals surface area (Å²) >= 11 is 0. The summed E-state index contributed by atoms with van der Waals surface area (Å²) in [5.41, 5.74) is 3.78. The van der Waals surface area contributed by atoms with Gasteiger partial charge in [0, 0.05) is 43.7 Å². The first-order chi connectivity index (χ1) is 17.3. The normalized spacial score (nSPS) is 23.9. The van der Waals surface area contributed by atoms with Gasteiger partial charge in [-0.3, -0.25) is 4.79 Å². The molecule has 0 atom stereocenters. The summed E-state index contributed by atoms with van der Waals surface area (Å²) in [6.07, 6.45) is 12.8. The summed E-state index contributed by atoms with van der Waals surface area (Å²) < 4.78 is 1.95. The van der Waals surface area contributed by atoms with Crippen molar-refractivity contribution in [2.45, 2.75) is 102 Å². The lowest BCUT2D eigenvalue weighted by Gasteiger charge is -2.35. The van der Waals surface area contributed by atoms with Crippen LogP contribution in [-0.4, -0.2) is 60.4 Å². The molecule has 1 aliphatic heterocycles. The van der Waals surface area contributed by atoms with Gasteiger partial charge in [-0.25, -0.2) is 14.5 Å². The fourth-order valence-corrected chi connectivity index (χ4v) is 5.59. The molecule has 2 aliphatic carbocycles. The summed E-state index contributed by atoms with van der Waals surface area (Å²) in [6.45, 7) is 4.47. The smallest absolute Gasteiger partial charge is 0.450 e. The highest BCUT2D eigenvalue weighted by Crippen LogP contribution is 2.41. The van der Waals surface area contributed by atoms with Crippen LogP contribution in [0.2, 0.25) is 0 Å². The van der Waals surface area contributed by atoms with Crippen molar-refractivity contribution in [2.75, 3.05) is 5.32 Å². The molecule has 0 bridgehead atoms. The number of amides is 1. The minimum atomic E-state index is -1.83. The highest BCUT2D eigenvalue weighted by Gasteiger charge is 2.43. The lowest BCUT2D eigenvalue weighted by atomic mass is 9.78. The zero-order valence-corrected chi connectivity index (χ0v) is 21.0. The van der Waals surface area contributed by atoms with E-state index in [-0.39, 0.29) is 17.6 Å². The van der Waals surface area contributed by atoms with Crippen molar-refractivity contribution in [3.05, 3.63) is 18.0 Å². The van der Waals surface area contributed by atoms with Gasteiger partial charge >= 0.3 is 6.16 Å². The molecule has 5 rings (SSSR count). The molecule has 2 aromatic heterocycles. The molecule has 3 aliphatic rings. The molecule has 3 heterocycles. The number of oxime groups is 1. The summed E-state index contributed by atoms with van der Waals surface area (Å²) in [6, 6.07) is 0.718. The fraction of sp³-hybridized carbons (Fsp3) is 0.640. The van der Waals surface area contributed by atoms with Crippen LogP contribution < -0.4 is 10.6 Å². The van der Waals surface area contributed by atoms with E-state index in [0.29, 0.717) is 6.04 Å². The highest BCUT2D eigenvalue weighted by atomic mass is 16.7. The second kappa shape index (κ2) is 11.1. The van der Waals surface area contributed by atoms with Gasteiger partial charge in [0.2, 0.25) is 5.91 Å². The number of carboxylic acid groups (broad SMARTS) is 2. The van der Waals surface area contributed by atoms with Crippen LogP contribution in [-0.2, 0) is 16.2 Å². The largest absolute Gasteiger partial charge is 0.503 e. The Labute approximate surface area is 210 Å². The van der Waals surface area contributed by atoms with Gasteiger partial charge < -0.3 is 25.7 Å². The zero-order chi connectivity index (χ0) is 25.7. The number of hydrogen-bond acceptors (Lipinski definition) is 7. The third-order valence-electron chi connectivity index (χ3n) is 7.37. The molecular weight excluding hydrogens is 464 g/mol. The zero-order valence-electron chi connectivity index (χ0n) is 21.0. The van der Waals surface area contributed by atoms with Gasteiger partial charge in [-0.2, -0.15) is 5.10 Å². The van der Waals surface area contributed by atoms with E-state index in [0.717, 1.165) is 66.6 Å². The number of carbonyl (C=O) groups is 2. The Morgan fingerprint density at radius 1 is 1.11 bits per heavy atom. The van der Waals surface area contributed by atoms with Gasteiger partial charge in [-0.15, -0.1) is 0 Å². The maximum atomic E-state index is 11.4. The van der Waals surface area contributed by atoms with Crippen LogP contribution >= 0.6 is 0 Å². The molecule has 36 heavy (non-hydrogen) atoms. The van der Waals surface area contributed by atoms with Gasteiger partial charge in [0.1, 0.15) is 5.60 Å². The first-order valence-corrected chi connectivity index (χ1v) is 12.9. The number of hydrogen-bond donors (Lipinski definition) is 4. The van der Waals surface area contributed by atoms with Crippen molar-refractivity contribution in [1.82, 2.24) is 20.1 Å². The summed E-state index contributed by atoms with van der Waals surface area (Å²) in [5.74, 6) is 0.0423. The third kappa shape index (κ3) is 5.88. The predicted molar refractivity (Wildman–Crippen MR) is 135 cm³/mol. The second-order valence-corrected chi connectivity index (χ2v) is 9.97. The standard InChI is InChI=1S/C24H34N6O2.CH2O3/c1-3-30-23-20(15-26-30)22(28-17-7-5-4-6-8-17)19(14-25-23)21-13-24(32-29-21)11-9-18(10-12-24)27-16(2)31;2-1(3)4/h14-15,17-18H,3-13H2,1-2H3,(H,25,28)(H,27,31);(H2,2,3,4). The number of rotatable bonds is 5. The van der Waals surface area contributed by atoms with Crippen LogP contribution in [0.4, 0.5) is 10.5 Å².